The third-order valence-electron chi connectivity index (χ3n) is 8.69. The third kappa shape index (κ3) is 4.37. The maximum absolute atomic E-state index is 13.1. The second-order valence-electron chi connectivity index (χ2n) is 11.3. The van der Waals surface area contributed by atoms with Crippen LogP contribution in [0.15, 0.2) is 30.6 Å². The molecule has 190 valence electrons. The highest BCUT2D eigenvalue weighted by Crippen LogP contribution is 2.61. The average Bonchev–Trinajstić information content (AvgIpc) is 2.82. The van der Waals surface area contributed by atoms with Crippen molar-refractivity contribution >= 4 is 17.6 Å². The van der Waals surface area contributed by atoms with E-state index in [-0.39, 0.29) is 23.4 Å². The molecule has 4 bridgehead atoms. The smallest absolute Gasteiger partial charge is 0.332 e. The van der Waals surface area contributed by atoms with Crippen LogP contribution in [0.2, 0.25) is 0 Å². The monoisotopic (exact) mass is 498 g/mol. The Labute approximate surface area is 207 Å². The molecule has 1 aliphatic heterocycles. The predicted molar refractivity (Wildman–Crippen MR) is 126 cm³/mol. The van der Waals surface area contributed by atoms with Crippen LogP contribution < -0.4 is 5.32 Å². The Morgan fingerprint density at radius 2 is 1.75 bits per heavy atom. The van der Waals surface area contributed by atoms with Crippen molar-refractivity contribution in [3.63, 3.8) is 0 Å². The number of benzene rings is 1. The number of nitrogens with one attached hydrogen (secondary N) is 1. The van der Waals surface area contributed by atoms with E-state index in [4.69, 9.17) is 0 Å². The van der Waals surface area contributed by atoms with Crippen molar-refractivity contribution in [1.29, 1.82) is 0 Å². The molecule has 1 aromatic heterocycles. The first kappa shape index (κ1) is 23.4. The van der Waals surface area contributed by atoms with E-state index in [9.17, 15) is 22.8 Å². The number of fused-ring (bicyclic) bond motifs is 1. The Balaban J connectivity index is 1.14. The van der Waals surface area contributed by atoms with Gasteiger partial charge in [-0.1, -0.05) is 6.07 Å². The van der Waals surface area contributed by atoms with E-state index < -0.39 is 17.6 Å². The molecule has 0 unspecified atom stereocenters. The summed E-state index contributed by atoms with van der Waals surface area (Å²) in [5.74, 6) is 2.32. The average molecular weight is 499 g/mol. The van der Waals surface area contributed by atoms with Crippen LogP contribution in [0.25, 0.3) is 0 Å². The van der Waals surface area contributed by atoms with Crippen LogP contribution in [0.1, 0.15) is 72.1 Å². The van der Waals surface area contributed by atoms with Gasteiger partial charge in [0.15, 0.2) is 0 Å². The standard InChI is InChI=1S/C27H29F3N4O2/c28-27(29,30)20-3-1-2-19(9-20)25(36)34-5-4-21-22(14-34)31-15-32-24(21)33-23(35)13-26-10-16-6-17(11-26)8-18(7-16)12-26/h1-3,9,15-18H,4-8,10-14H2,(H,31,32,33,35). The van der Waals surface area contributed by atoms with Crippen molar-refractivity contribution in [3.8, 4) is 0 Å². The van der Waals surface area contributed by atoms with Crippen LogP contribution in [0.3, 0.4) is 0 Å². The first-order valence-corrected chi connectivity index (χ1v) is 12.8. The fourth-order valence-electron chi connectivity index (χ4n) is 7.67. The van der Waals surface area contributed by atoms with E-state index in [2.05, 4.69) is 15.3 Å². The van der Waals surface area contributed by atoms with Crippen LogP contribution in [-0.4, -0.2) is 33.2 Å². The first-order valence-electron chi connectivity index (χ1n) is 12.8. The van der Waals surface area contributed by atoms with Crippen molar-refractivity contribution in [1.82, 2.24) is 14.9 Å². The van der Waals surface area contributed by atoms with Gasteiger partial charge in [0.25, 0.3) is 5.91 Å². The Morgan fingerprint density at radius 1 is 1.06 bits per heavy atom. The minimum atomic E-state index is -4.51. The highest BCUT2D eigenvalue weighted by molar-refractivity contribution is 5.95. The molecule has 0 spiro atoms. The molecule has 5 aliphatic rings. The molecule has 0 radical (unpaired) electrons. The molecule has 9 heteroatoms. The first-order chi connectivity index (χ1) is 17.2. The molecule has 4 saturated carbocycles. The lowest BCUT2D eigenvalue weighted by Crippen LogP contribution is -2.47. The number of rotatable bonds is 4. The van der Waals surface area contributed by atoms with Crippen molar-refractivity contribution in [2.75, 3.05) is 11.9 Å². The van der Waals surface area contributed by atoms with Gasteiger partial charge in [-0.2, -0.15) is 13.2 Å². The van der Waals surface area contributed by atoms with Gasteiger partial charge in [0.05, 0.1) is 17.8 Å². The third-order valence-corrected chi connectivity index (χ3v) is 8.69. The summed E-state index contributed by atoms with van der Waals surface area (Å²) in [6.45, 7) is 0.470. The van der Waals surface area contributed by atoms with Gasteiger partial charge < -0.3 is 10.2 Å². The molecule has 1 aromatic carbocycles. The van der Waals surface area contributed by atoms with E-state index in [0.29, 0.717) is 30.9 Å². The van der Waals surface area contributed by atoms with Crippen LogP contribution in [-0.2, 0) is 23.9 Å². The molecule has 0 saturated heterocycles. The van der Waals surface area contributed by atoms with Gasteiger partial charge in [-0.05, 0) is 86.3 Å². The molecule has 2 heterocycles. The number of carbonyl (C=O) groups is 2. The van der Waals surface area contributed by atoms with Gasteiger partial charge in [0.1, 0.15) is 12.1 Å². The number of alkyl halides is 3. The summed E-state index contributed by atoms with van der Waals surface area (Å²) < 4.78 is 39.2. The summed E-state index contributed by atoms with van der Waals surface area (Å²) in [6.07, 6.45) is 5.26. The highest BCUT2D eigenvalue weighted by Gasteiger charge is 2.51. The van der Waals surface area contributed by atoms with Crippen LogP contribution in [0, 0.1) is 23.2 Å². The Bertz CT molecular complexity index is 1180. The maximum Gasteiger partial charge on any atom is 0.416 e. The molecule has 2 amide bonds. The van der Waals surface area contributed by atoms with Gasteiger partial charge in [0, 0.05) is 24.1 Å². The molecule has 1 N–H and O–H groups in total. The van der Waals surface area contributed by atoms with Crippen molar-refractivity contribution < 1.29 is 22.8 Å². The zero-order valence-electron chi connectivity index (χ0n) is 20.0. The Hall–Kier alpha value is -2.97. The van der Waals surface area contributed by atoms with E-state index in [1.54, 1.807) is 0 Å². The molecule has 0 atom stereocenters. The number of hydrogen-bond donors (Lipinski definition) is 1. The fourth-order valence-corrected chi connectivity index (χ4v) is 7.67. The molecule has 7 rings (SSSR count). The van der Waals surface area contributed by atoms with Gasteiger partial charge in [-0.15, -0.1) is 0 Å². The van der Waals surface area contributed by atoms with Gasteiger partial charge >= 0.3 is 6.18 Å². The summed E-state index contributed by atoms with van der Waals surface area (Å²) in [6, 6.07) is 4.47. The zero-order chi connectivity index (χ0) is 25.1. The Kier molecular flexibility index (Phi) is 5.57. The van der Waals surface area contributed by atoms with E-state index in [0.717, 1.165) is 54.7 Å². The van der Waals surface area contributed by atoms with Crippen LogP contribution >= 0.6 is 0 Å². The lowest BCUT2D eigenvalue weighted by Gasteiger charge is -2.56. The molecule has 36 heavy (non-hydrogen) atoms. The summed E-state index contributed by atoms with van der Waals surface area (Å²) in [7, 11) is 0. The minimum Gasteiger partial charge on any atom is -0.332 e. The number of amides is 2. The summed E-state index contributed by atoms with van der Waals surface area (Å²) >= 11 is 0. The lowest BCUT2D eigenvalue weighted by atomic mass is 9.49. The van der Waals surface area contributed by atoms with Gasteiger partial charge in [0.2, 0.25) is 5.91 Å². The van der Waals surface area contributed by atoms with E-state index >= 15 is 0 Å². The second kappa shape index (κ2) is 8.56. The zero-order valence-corrected chi connectivity index (χ0v) is 20.0. The highest BCUT2D eigenvalue weighted by atomic mass is 19.4. The number of carbonyl (C=O) groups excluding carboxylic acids is 2. The second-order valence-corrected chi connectivity index (χ2v) is 11.3. The Morgan fingerprint density at radius 3 is 2.42 bits per heavy atom. The molecular weight excluding hydrogens is 469 g/mol. The predicted octanol–water partition coefficient (Wildman–Crippen LogP) is 5.24. The van der Waals surface area contributed by atoms with E-state index in [1.165, 1.54) is 42.6 Å². The largest absolute Gasteiger partial charge is 0.416 e. The normalized spacial score (nSPS) is 28.6. The molecule has 6 nitrogen and oxygen atoms in total. The summed E-state index contributed by atoms with van der Waals surface area (Å²) in [4.78, 5) is 36.2. The number of halogens is 3. The minimum absolute atomic E-state index is 0.00793. The topological polar surface area (TPSA) is 75.2 Å². The summed E-state index contributed by atoms with van der Waals surface area (Å²) in [5, 5.41) is 3.03. The molecule has 4 fully saturated rings. The molecule has 2 aromatic rings. The molecular formula is C27H29F3N4O2. The van der Waals surface area contributed by atoms with Crippen molar-refractivity contribution in [3.05, 3.63) is 53.0 Å². The number of anilines is 1. The van der Waals surface area contributed by atoms with Crippen LogP contribution in [0.5, 0.6) is 0 Å². The number of nitrogens with zero attached hydrogens (tertiary/aromatic N) is 3. The number of aromatic nitrogens is 2. The number of hydrogen-bond acceptors (Lipinski definition) is 4. The lowest BCUT2D eigenvalue weighted by molar-refractivity contribution is -0.137. The van der Waals surface area contributed by atoms with E-state index in [1.807, 2.05) is 0 Å². The fraction of sp³-hybridized carbons (Fsp3) is 0.556. The van der Waals surface area contributed by atoms with Gasteiger partial charge in [-0.25, -0.2) is 9.97 Å². The van der Waals surface area contributed by atoms with Crippen LogP contribution in [0.4, 0.5) is 19.0 Å². The van der Waals surface area contributed by atoms with Crippen molar-refractivity contribution in [2.45, 2.75) is 64.1 Å². The molecule has 4 aliphatic carbocycles. The SMILES string of the molecule is O=C(CC12CC3CC(CC(C3)C1)C2)Nc1ncnc2c1CCN(C(=O)c1cccc(C(F)(F)F)c1)C2. The maximum atomic E-state index is 13.1. The van der Waals surface area contributed by atoms with Crippen molar-refractivity contribution in [2.24, 2.45) is 23.2 Å². The summed E-state index contributed by atoms with van der Waals surface area (Å²) in [5.41, 5.74) is 0.676. The van der Waals surface area contributed by atoms with Gasteiger partial charge in [-0.3, -0.25) is 9.59 Å². The quantitative estimate of drug-likeness (QED) is 0.626.